The zero-order valence-electron chi connectivity index (χ0n) is 9.23. The van der Waals surface area contributed by atoms with Crippen LogP contribution in [0.25, 0.3) is 0 Å². The third-order valence-corrected chi connectivity index (χ3v) is 3.56. The molecule has 0 bridgehead atoms. The van der Waals surface area contributed by atoms with Crippen molar-refractivity contribution in [2.75, 3.05) is 6.61 Å². The SMILES string of the molecule is O=C1O[C@H]([C@@H](O)CO)C(OS(=O)(=O)OS(=O)(=O)O)=C1O. The lowest BCUT2D eigenvalue weighted by atomic mass is 10.2. The predicted octanol–water partition coefficient (Wildman–Crippen LogP) is -2.88. The molecular weight excluding hydrogens is 328 g/mol. The number of cyclic esters (lactones) is 1. The highest BCUT2D eigenvalue weighted by molar-refractivity contribution is 7.94. The van der Waals surface area contributed by atoms with Gasteiger partial charge in [-0.25, -0.2) is 4.79 Å². The fraction of sp³-hybridized carbons (Fsp3) is 0.500. The molecule has 20 heavy (non-hydrogen) atoms. The second-order valence-electron chi connectivity index (χ2n) is 3.28. The highest BCUT2D eigenvalue weighted by Crippen LogP contribution is 2.27. The number of aliphatic hydroxyl groups excluding tert-OH is 3. The second kappa shape index (κ2) is 5.51. The van der Waals surface area contributed by atoms with E-state index in [9.17, 15) is 31.8 Å². The van der Waals surface area contributed by atoms with Gasteiger partial charge in [0.25, 0.3) is 0 Å². The Balaban J connectivity index is 3.07. The highest BCUT2D eigenvalue weighted by atomic mass is 32.3. The molecule has 0 aromatic rings. The quantitative estimate of drug-likeness (QED) is 0.286. The summed E-state index contributed by atoms with van der Waals surface area (Å²) in [6.07, 6.45) is -3.77. The average molecular weight is 336 g/mol. The molecule has 0 spiro atoms. The molecule has 0 radical (unpaired) electrons. The summed E-state index contributed by atoms with van der Waals surface area (Å²) < 4.78 is 62.2. The van der Waals surface area contributed by atoms with E-state index < -0.39 is 57.1 Å². The lowest BCUT2D eigenvalue weighted by Gasteiger charge is -2.17. The number of ether oxygens (including phenoxy) is 1. The molecule has 12 nitrogen and oxygen atoms in total. The van der Waals surface area contributed by atoms with Crippen molar-refractivity contribution in [3.05, 3.63) is 11.5 Å². The summed E-state index contributed by atoms with van der Waals surface area (Å²) in [6.45, 7) is -1.00. The van der Waals surface area contributed by atoms with Crippen LogP contribution in [0.5, 0.6) is 0 Å². The Morgan fingerprint density at radius 1 is 1.30 bits per heavy atom. The van der Waals surface area contributed by atoms with E-state index in [0.29, 0.717) is 0 Å². The molecule has 0 aliphatic carbocycles. The van der Waals surface area contributed by atoms with Gasteiger partial charge in [-0.15, -0.1) is 0 Å². The van der Waals surface area contributed by atoms with Gasteiger partial charge in [0, 0.05) is 0 Å². The number of carbonyl (C=O) groups is 1. The smallest absolute Gasteiger partial charge is 0.465 e. The first-order valence-electron chi connectivity index (χ1n) is 4.53. The molecule has 14 heteroatoms. The number of rotatable bonds is 6. The van der Waals surface area contributed by atoms with E-state index in [4.69, 9.17) is 9.66 Å². The molecule has 0 unspecified atom stereocenters. The van der Waals surface area contributed by atoms with Crippen molar-refractivity contribution >= 4 is 26.8 Å². The van der Waals surface area contributed by atoms with Crippen LogP contribution < -0.4 is 0 Å². The standard InChI is InChI=1S/C6H8O12S2/c7-1-2(8)4-5(3(9)6(10)16-4)17-20(14,15)18-19(11,12)13/h2,4,7-9H,1H2,(H,11,12,13)/t2-,4+/m0/s1. The minimum Gasteiger partial charge on any atom is -0.499 e. The lowest BCUT2D eigenvalue weighted by Crippen LogP contribution is -2.33. The molecule has 1 heterocycles. The summed E-state index contributed by atoms with van der Waals surface area (Å²) in [7, 11) is -10.9. The number of carbonyl (C=O) groups excluding carboxylic acids is 1. The van der Waals surface area contributed by atoms with Gasteiger partial charge in [0.2, 0.25) is 11.5 Å². The summed E-state index contributed by atoms with van der Waals surface area (Å²) in [4.78, 5) is 11.0. The average Bonchev–Trinajstić information content (AvgIpc) is 2.52. The van der Waals surface area contributed by atoms with Crippen molar-refractivity contribution in [3.63, 3.8) is 0 Å². The van der Waals surface area contributed by atoms with Gasteiger partial charge in [-0.2, -0.15) is 16.8 Å². The number of aliphatic hydroxyl groups is 3. The Hall–Kier alpha value is -1.45. The summed E-state index contributed by atoms with van der Waals surface area (Å²) in [5.74, 6) is -4.08. The minimum atomic E-state index is -5.45. The van der Waals surface area contributed by atoms with Gasteiger partial charge < -0.3 is 24.2 Å². The first-order valence-corrected chi connectivity index (χ1v) is 7.22. The molecule has 0 aromatic heterocycles. The first kappa shape index (κ1) is 16.6. The molecule has 1 aliphatic rings. The zero-order chi connectivity index (χ0) is 15.7. The Kier molecular flexibility index (Phi) is 4.57. The number of esters is 1. The molecule has 2 atom stereocenters. The van der Waals surface area contributed by atoms with E-state index >= 15 is 0 Å². The van der Waals surface area contributed by atoms with Crippen molar-refractivity contribution in [1.29, 1.82) is 0 Å². The molecule has 0 saturated carbocycles. The van der Waals surface area contributed by atoms with Gasteiger partial charge in [-0.3, -0.25) is 4.55 Å². The van der Waals surface area contributed by atoms with Gasteiger partial charge in [0.05, 0.1) is 6.61 Å². The van der Waals surface area contributed by atoms with Crippen LogP contribution >= 0.6 is 0 Å². The third-order valence-electron chi connectivity index (χ3n) is 1.82. The Morgan fingerprint density at radius 2 is 1.85 bits per heavy atom. The second-order valence-corrected chi connectivity index (χ2v) is 5.66. The monoisotopic (exact) mass is 336 g/mol. The van der Waals surface area contributed by atoms with Gasteiger partial charge in [-0.1, -0.05) is 3.63 Å². The van der Waals surface area contributed by atoms with Crippen molar-refractivity contribution in [2.24, 2.45) is 0 Å². The topological polar surface area (TPSA) is 194 Å². The van der Waals surface area contributed by atoms with E-state index in [-0.39, 0.29) is 0 Å². The Morgan fingerprint density at radius 3 is 2.30 bits per heavy atom. The van der Waals surface area contributed by atoms with E-state index in [0.717, 1.165) is 0 Å². The molecular formula is C6H8O12S2. The number of hydrogen-bond acceptors (Lipinski definition) is 11. The molecule has 1 aliphatic heterocycles. The van der Waals surface area contributed by atoms with Crippen LogP contribution in [0, 0.1) is 0 Å². The van der Waals surface area contributed by atoms with Crippen molar-refractivity contribution < 1.29 is 54.1 Å². The summed E-state index contributed by atoms with van der Waals surface area (Å²) >= 11 is 0. The van der Waals surface area contributed by atoms with Crippen molar-refractivity contribution in [2.45, 2.75) is 12.2 Å². The molecule has 0 saturated heterocycles. The molecule has 0 amide bonds. The Bertz CT molecular complexity index is 627. The predicted molar refractivity (Wildman–Crippen MR) is 55.3 cm³/mol. The highest BCUT2D eigenvalue weighted by Gasteiger charge is 2.43. The van der Waals surface area contributed by atoms with E-state index in [1.54, 1.807) is 0 Å². The van der Waals surface area contributed by atoms with Gasteiger partial charge >= 0.3 is 26.8 Å². The van der Waals surface area contributed by atoms with Crippen LogP contribution in [-0.2, 0) is 38.1 Å². The lowest BCUT2D eigenvalue weighted by molar-refractivity contribution is -0.147. The third kappa shape index (κ3) is 4.02. The van der Waals surface area contributed by atoms with E-state index in [1.165, 1.54) is 0 Å². The fourth-order valence-electron chi connectivity index (χ4n) is 1.13. The van der Waals surface area contributed by atoms with Crippen LogP contribution in [0.3, 0.4) is 0 Å². The van der Waals surface area contributed by atoms with Crippen molar-refractivity contribution in [3.8, 4) is 0 Å². The fourth-order valence-corrected chi connectivity index (χ4v) is 2.47. The van der Waals surface area contributed by atoms with Crippen LogP contribution in [0.4, 0.5) is 0 Å². The van der Waals surface area contributed by atoms with Crippen LogP contribution in [0.2, 0.25) is 0 Å². The van der Waals surface area contributed by atoms with Crippen molar-refractivity contribution in [1.82, 2.24) is 0 Å². The summed E-state index contributed by atoms with van der Waals surface area (Å²) in [6, 6.07) is 0. The molecule has 1 rings (SSSR count). The normalized spacial score (nSPS) is 21.8. The van der Waals surface area contributed by atoms with E-state index in [2.05, 4.69) is 12.5 Å². The van der Waals surface area contributed by atoms with Crippen LogP contribution in [0.15, 0.2) is 11.5 Å². The Labute approximate surface area is 112 Å². The van der Waals surface area contributed by atoms with Crippen LogP contribution in [-0.4, -0.2) is 61.5 Å². The summed E-state index contributed by atoms with van der Waals surface area (Å²) in [5, 5.41) is 27.1. The largest absolute Gasteiger partial charge is 0.499 e. The zero-order valence-corrected chi connectivity index (χ0v) is 10.9. The molecule has 4 N–H and O–H groups in total. The molecule has 116 valence electrons. The minimum absolute atomic E-state index is 1.00. The first-order chi connectivity index (χ1) is 8.97. The van der Waals surface area contributed by atoms with Gasteiger partial charge in [-0.05, 0) is 0 Å². The maximum absolute atomic E-state index is 11.1. The summed E-state index contributed by atoms with van der Waals surface area (Å²) in [5.41, 5.74) is 0. The maximum Gasteiger partial charge on any atom is 0.465 e. The van der Waals surface area contributed by atoms with Gasteiger partial charge in [0.15, 0.2) is 6.10 Å². The molecule has 0 aromatic carbocycles. The molecule has 0 fully saturated rings. The van der Waals surface area contributed by atoms with Crippen LogP contribution in [0.1, 0.15) is 0 Å². The van der Waals surface area contributed by atoms with E-state index in [1.807, 2.05) is 0 Å². The van der Waals surface area contributed by atoms with Gasteiger partial charge in [0.1, 0.15) is 6.10 Å². The maximum atomic E-state index is 11.1. The number of hydrogen-bond donors (Lipinski definition) is 4.